The summed E-state index contributed by atoms with van der Waals surface area (Å²) < 4.78 is 1.17. The maximum absolute atomic E-state index is 5.96. The van der Waals surface area contributed by atoms with Crippen molar-refractivity contribution in [2.75, 3.05) is 13.1 Å². The van der Waals surface area contributed by atoms with Gasteiger partial charge >= 0.3 is 0 Å². The molecule has 1 saturated heterocycles. The number of benzene rings is 1. The molecule has 2 N–H and O–H groups in total. The molecule has 1 atom stereocenters. The van der Waals surface area contributed by atoms with Gasteiger partial charge in [-0.25, -0.2) is 0 Å². The van der Waals surface area contributed by atoms with Crippen LogP contribution in [0.1, 0.15) is 25.3 Å². The summed E-state index contributed by atoms with van der Waals surface area (Å²) in [6.07, 6.45) is 2.48. The first-order valence-electron chi connectivity index (χ1n) is 6.37. The number of hydrogen-bond donors (Lipinski definition) is 1. The molecule has 94 valence electrons. The topological polar surface area (TPSA) is 29.3 Å². The Bertz CT molecular complexity index is 357. The molecule has 2 nitrogen and oxygen atoms in total. The van der Waals surface area contributed by atoms with Crippen molar-refractivity contribution in [1.29, 1.82) is 0 Å². The van der Waals surface area contributed by atoms with E-state index in [0.29, 0.717) is 12.0 Å². The molecule has 1 aliphatic heterocycles. The van der Waals surface area contributed by atoms with E-state index in [4.69, 9.17) is 5.73 Å². The maximum atomic E-state index is 5.96. The van der Waals surface area contributed by atoms with Crippen molar-refractivity contribution in [3.8, 4) is 0 Å². The molecule has 0 bridgehead atoms. The Morgan fingerprint density at radius 3 is 2.71 bits per heavy atom. The van der Waals surface area contributed by atoms with E-state index in [1.165, 1.54) is 36.0 Å². The van der Waals surface area contributed by atoms with Crippen LogP contribution in [0, 0.1) is 5.92 Å². The minimum absolute atomic E-state index is 0.350. The molecule has 1 unspecified atom stereocenters. The molecule has 2 rings (SSSR count). The van der Waals surface area contributed by atoms with E-state index < -0.39 is 0 Å². The van der Waals surface area contributed by atoms with Crippen LogP contribution in [0.4, 0.5) is 0 Å². The van der Waals surface area contributed by atoms with Gasteiger partial charge in [0, 0.05) is 17.1 Å². The highest BCUT2D eigenvalue weighted by molar-refractivity contribution is 9.10. The molecule has 1 fully saturated rings. The zero-order valence-electron chi connectivity index (χ0n) is 10.4. The highest BCUT2D eigenvalue weighted by Gasteiger charge is 2.21. The SMILES string of the molecule is CC(N)C1CCN(Cc2cccc(Br)c2)CC1. The average Bonchev–Trinajstić information content (AvgIpc) is 2.29. The van der Waals surface area contributed by atoms with Crippen molar-refractivity contribution in [2.24, 2.45) is 11.7 Å². The number of likely N-dealkylation sites (tertiary alicyclic amines) is 1. The molecule has 1 aliphatic rings. The maximum Gasteiger partial charge on any atom is 0.0234 e. The van der Waals surface area contributed by atoms with Gasteiger partial charge in [-0.2, -0.15) is 0 Å². The summed E-state index contributed by atoms with van der Waals surface area (Å²) in [7, 11) is 0. The Kier molecular flexibility index (Phi) is 4.60. The fourth-order valence-electron chi connectivity index (χ4n) is 2.53. The zero-order chi connectivity index (χ0) is 12.3. The largest absolute Gasteiger partial charge is 0.328 e. The van der Waals surface area contributed by atoms with Gasteiger partial charge in [0.05, 0.1) is 0 Å². The molecule has 3 heteroatoms. The lowest BCUT2D eigenvalue weighted by Crippen LogP contribution is -2.39. The summed E-state index contributed by atoms with van der Waals surface area (Å²) in [5, 5.41) is 0. The van der Waals surface area contributed by atoms with E-state index in [1.807, 2.05) is 0 Å². The quantitative estimate of drug-likeness (QED) is 0.929. The molecule has 1 heterocycles. The smallest absolute Gasteiger partial charge is 0.0234 e. The third-order valence-electron chi connectivity index (χ3n) is 3.67. The van der Waals surface area contributed by atoms with Crippen LogP contribution >= 0.6 is 15.9 Å². The molecule has 0 amide bonds. The first-order chi connectivity index (χ1) is 8.15. The number of hydrogen-bond acceptors (Lipinski definition) is 2. The monoisotopic (exact) mass is 296 g/mol. The normalized spacial score (nSPS) is 20.4. The first kappa shape index (κ1) is 13.1. The van der Waals surface area contributed by atoms with Crippen molar-refractivity contribution >= 4 is 15.9 Å². The van der Waals surface area contributed by atoms with E-state index >= 15 is 0 Å². The number of piperidine rings is 1. The minimum atomic E-state index is 0.350. The summed E-state index contributed by atoms with van der Waals surface area (Å²) in [6, 6.07) is 8.93. The Morgan fingerprint density at radius 1 is 1.41 bits per heavy atom. The molecule has 0 aromatic heterocycles. The third-order valence-corrected chi connectivity index (χ3v) is 4.16. The first-order valence-corrected chi connectivity index (χ1v) is 7.17. The predicted octanol–water partition coefficient (Wildman–Crippen LogP) is 3.01. The van der Waals surface area contributed by atoms with Gasteiger partial charge in [-0.3, -0.25) is 4.90 Å². The minimum Gasteiger partial charge on any atom is -0.328 e. The molecular formula is C14H21BrN2. The summed E-state index contributed by atoms with van der Waals surface area (Å²) in [5.74, 6) is 0.716. The molecule has 0 spiro atoms. The van der Waals surface area contributed by atoms with Crippen LogP contribution in [-0.4, -0.2) is 24.0 Å². The molecule has 1 aromatic carbocycles. The Labute approximate surface area is 112 Å². The summed E-state index contributed by atoms with van der Waals surface area (Å²) >= 11 is 3.52. The van der Waals surface area contributed by atoms with Gasteiger partial charge in [-0.05, 0) is 56.5 Å². The van der Waals surface area contributed by atoms with Crippen molar-refractivity contribution in [3.63, 3.8) is 0 Å². The number of halogens is 1. The van der Waals surface area contributed by atoms with Gasteiger partial charge in [0.2, 0.25) is 0 Å². The molecule has 17 heavy (non-hydrogen) atoms. The molecule has 0 radical (unpaired) electrons. The molecule has 1 aromatic rings. The van der Waals surface area contributed by atoms with E-state index in [-0.39, 0.29) is 0 Å². The van der Waals surface area contributed by atoms with E-state index in [1.54, 1.807) is 0 Å². The lowest BCUT2D eigenvalue weighted by molar-refractivity contribution is 0.165. The Morgan fingerprint density at radius 2 is 2.12 bits per heavy atom. The second-order valence-corrected chi connectivity index (χ2v) is 6.02. The summed E-state index contributed by atoms with van der Waals surface area (Å²) in [4.78, 5) is 2.53. The van der Waals surface area contributed by atoms with Crippen molar-refractivity contribution in [1.82, 2.24) is 4.90 Å². The Hall–Kier alpha value is -0.380. The van der Waals surface area contributed by atoms with Gasteiger partial charge in [0.25, 0.3) is 0 Å². The van der Waals surface area contributed by atoms with Gasteiger partial charge in [-0.15, -0.1) is 0 Å². The lowest BCUT2D eigenvalue weighted by atomic mass is 9.91. The number of rotatable bonds is 3. The highest BCUT2D eigenvalue weighted by atomic mass is 79.9. The van der Waals surface area contributed by atoms with Gasteiger partial charge < -0.3 is 5.73 Å². The van der Waals surface area contributed by atoms with E-state index in [0.717, 1.165) is 6.54 Å². The molecule has 0 aliphatic carbocycles. The molecule has 0 saturated carbocycles. The fourth-order valence-corrected chi connectivity index (χ4v) is 2.98. The van der Waals surface area contributed by atoms with Gasteiger partial charge in [0.15, 0.2) is 0 Å². The second kappa shape index (κ2) is 5.98. The van der Waals surface area contributed by atoms with Gasteiger partial charge in [-0.1, -0.05) is 28.1 Å². The summed E-state index contributed by atoms with van der Waals surface area (Å²) in [5.41, 5.74) is 7.35. The van der Waals surface area contributed by atoms with Gasteiger partial charge in [0.1, 0.15) is 0 Å². The van der Waals surface area contributed by atoms with Crippen LogP contribution in [0.25, 0.3) is 0 Å². The molecular weight excluding hydrogens is 276 g/mol. The predicted molar refractivity (Wildman–Crippen MR) is 75.8 cm³/mol. The van der Waals surface area contributed by atoms with E-state index in [9.17, 15) is 0 Å². The van der Waals surface area contributed by atoms with Crippen LogP contribution in [0.15, 0.2) is 28.7 Å². The van der Waals surface area contributed by atoms with Crippen LogP contribution in [0.2, 0.25) is 0 Å². The fraction of sp³-hybridized carbons (Fsp3) is 0.571. The van der Waals surface area contributed by atoms with Crippen molar-refractivity contribution < 1.29 is 0 Å². The van der Waals surface area contributed by atoms with Crippen molar-refractivity contribution in [3.05, 3.63) is 34.3 Å². The Balaban J connectivity index is 1.86. The standard InChI is InChI=1S/C14H21BrN2/c1-11(16)13-5-7-17(8-6-13)10-12-3-2-4-14(15)9-12/h2-4,9,11,13H,5-8,10,16H2,1H3. The van der Waals surface area contributed by atoms with Crippen LogP contribution in [0.3, 0.4) is 0 Å². The second-order valence-electron chi connectivity index (χ2n) is 5.10. The van der Waals surface area contributed by atoms with Crippen LogP contribution < -0.4 is 5.73 Å². The van der Waals surface area contributed by atoms with Crippen molar-refractivity contribution in [2.45, 2.75) is 32.4 Å². The third kappa shape index (κ3) is 3.80. The van der Waals surface area contributed by atoms with Crippen LogP contribution in [-0.2, 0) is 6.54 Å². The number of nitrogens with two attached hydrogens (primary N) is 1. The summed E-state index contributed by atoms with van der Waals surface area (Å²) in [6.45, 7) is 5.55. The average molecular weight is 297 g/mol. The van der Waals surface area contributed by atoms with Crippen LogP contribution in [0.5, 0.6) is 0 Å². The zero-order valence-corrected chi connectivity index (χ0v) is 12.0. The lowest BCUT2D eigenvalue weighted by Gasteiger charge is -2.33. The van der Waals surface area contributed by atoms with E-state index in [2.05, 4.69) is 52.0 Å². The number of nitrogens with zero attached hydrogens (tertiary/aromatic N) is 1. The highest BCUT2D eigenvalue weighted by Crippen LogP contribution is 2.21.